The standard InChI is InChI=1S/C15H18ClF3N6S/c1-10-21-25(14(26)22(10)2)9-23-3-5-24(6-4-23)13-12(16)7-11(8-20-13)15(17,18)19/h7-8H,3-6,9H2,1-2H3. The maximum absolute atomic E-state index is 12.7. The molecule has 0 radical (unpaired) electrons. The fourth-order valence-corrected chi connectivity index (χ4v) is 3.31. The molecule has 11 heteroatoms. The number of anilines is 1. The lowest BCUT2D eigenvalue weighted by Crippen LogP contribution is -2.47. The van der Waals surface area contributed by atoms with Gasteiger partial charge in [0.1, 0.15) is 11.6 Å². The van der Waals surface area contributed by atoms with Gasteiger partial charge in [0.05, 0.1) is 17.3 Å². The van der Waals surface area contributed by atoms with Gasteiger partial charge < -0.3 is 9.47 Å². The molecular formula is C15H18ClF3N6S. The van der Waals surface area contributed by atoms with Crippen molar-refractivity contribution < 1.29 is 13.2 Å². The van der Waals surface area contributed by atoms with Crippen LogP contribution in [0.2, 0.25) is 5.02 Å². The number of rotatable bonds is 3. The SMILES string of the molecule is Cc1nn(CN2CCN(c3ncc(C(F)(F)F)cc3Cl)CC2)c(=S)n1C. The number of aromatic nitrogens is 4. The van der Waals surface area contributed by atoms with Gasteiger partial charge in [-0.05, 0) is 25.2 Å². The molecule has 2 aromatic heterocycles. The molecule has 1 aliphatic heterocycles. The summed E-state index contributed by atoms with van der Waals surface area (Å²) < 4.78 is 42.4. The maximum atomic E-state index is 12.7. The predicted molar refractivity (Wildman–Crippen MR) is 94.8 cm³/mol. The maximum Gasteiger partial charge on any atom is 0.417 e. The molecular weight excluding hydrogens is 389 g/mol. The third-order valence-electron chi connectivity index (χ3n) is 4.41. The Hall–Kier alpha value is -1.65. The molecule has 0 saturated carbocycles. The Bertz CT molecular complexity index is 854. The Morgan fingerprint density at radius 3 is 2.38 bits per heavy atom. The number of aryl methyl sites for hydroxylation is 1. The van der Waals surface area contributed by atoms with Gasteiger partial charge in [-0.3, -0.25) is 4.90 Å². The normalized spacial score (nSPS) is 16.3. The molecule has 6 nitrogen and oxygen atoms in total. The van der Waals surface area contributed by atoms with E-state index in [9.17, 15) is 13.2 Å². The molecule has 26 heavy (non-hydrogen) atoms. The first kappa shape index (κ1) is 19.1. The van der Waals surface area contributed by atoms with E-state index in [4.69, 9.17) is 23.8 Å². The molecule has 0 atom stereocenters. The van der Waals surface area contributed by atoms with Crippen LogP contribution < -0.4 is 4.90 Å². The number of hydrogen-bond donors (Lipinski definition) is 0. The van der Waals surface area contributed by atoms with Crippen molar-refractivity contribution in [2.24, 2.45) is 7.05 Å². The third kappa shape index (κ3) is 3.86. The zero-order chi connectivity index (χ0) is 19.1. The van der Waals surface area contributed by atoms with Gasteiger partial charge in [-0.15, -0.1) is 0 Å². The quantitative estimate of drug-likeness (QED) is 0.733. The summed E-state index contributed by atoms with van der Waals surface area (Å²) >= 11 is 11.4. The summed E-state index contributed by atoms with van der Waals surface area (Å²) in [5.41, 5.74) is -0.843. The molecule has 3 rings (SSSR count). The first-order chi connectivity index (χ1) is 12.2. The second kappa shape index (κ2) is 7.16. The number of piperazine rings is 1. The van der Waals surface area contributed by atoms with Crippen molar-refractivity contribution >= 4 is 29.6 Å². The molecule has 0 aliphatic carbocycles. The highest BCUT2D eigenvalue weighted by atomic mass is 35.5. The van der Waals surface area contributed by atoms with Crippen LogP contribution in [0.25, 0.3) is 0 Å². The second-order valence-electron chi connectivity index (χ2n) is 6.16. The van der Waals surface area contributed by atoms with E-state index in [0.717, 1.165) is 18.1 Å². The average Bonchev–Trinajstić information content (AvgIpc) is 2.82. The topological polar surface area (TPSA) is 42.1 Å². The van der Waals surface area contributed by atoms with Crippen LogP contribution in [0.3, 0.4) is 0 Å². The van der Waals surface area contributed by atoms with Gasteiger partial charge in [-0.1, -0.05) is 11.6 Å². The van der Waals surface area contributed by atoms with E-state index in [1.54, 1.807) is 4.68 Å². The van der Waals surface area contributed by atoms with Crippen LogP contribution in [0.15, 0.2) is 12.3 Å². The minimum atomic E-state index is -4.45. The van der Waals surface area contributed by atoms with Crippen LogP contribution in [0.1, 0.15) is 11.4 Å². The summed E-state index contributed by atoms with van der Waals surface area (Å²) in [6.07, 6.45) is -3.63. The van der Waals surface area contributed by atoms with Crippen LogP contribution in [-0.2, 0) is 19.9 Å². The zero-order valence-corrected chi connectivity index (χ0v) is 15.9. The molecule has 0 unspecified atom stereocenters. The first-order valence-electron chi connectivity index (χ1n) is 7.97. The van der Waals surface area contributed by atoms with Crippen LogP contribution in [0.4, 0.5) is 19.0 Å². The molecule has 0 aromatic carbocycles. The minimum Gasteiger partial charge on any atom is -0.353 e. The van der Waals surface area contributed by atoms with E-state index in [2.05, 4.69) is 15.0 Å². The molecule has 0 amide bonds. The van der Waals surface area contributed by atoms with E-state index in [1.807, 2.05) is 23.4 Å². The Morgan fingerprint density at radius 2 is 1.88 bits per heavy atom. The fourth-order valence-electron chi connectivity index (χ4n) is 2.80. The highest BCUT2D eigenvalue weighted by Gasteiger charge is 2.32. The van der Waals surface area contributed by atoms with Gasteiger partial charge in [0.2, 0.25) is 0 Å². The van der Waals surface area contributed by atoms with Gasteiger partial charge in [-0.25, -0.2) is 9.67 Å². The molecule has 0 spiro atoms. The Labute approximate surface area is 158 Å². The second-order valence-corrected chi connectivity index (χ2v) is 6.93. The Balaban J connectivity index is 1.65. The van der Waals surface area contributed by atoms with Gasteiger partial charge in [0.25, 0.3) is 0 Å². The molecule has 0 N–H and O–H groups in total. The summed E-state index contributed by atoms with van der Waals surface area (Å²) in [6, 6.07) is 0.923. The highest BCUT2D eigenvalue weighted by molar-refractivity contribution is 7.71. The number of nitrogens with zero attached hydrogens (tertiary/aromatic N) is 6. The largest absolute Gasteiger partial charge is 0.417 e. The van der Waals surface area contributed by atoms with Crippen molar-refractivity contribution in [2.75, 3.05) is 31.1 Å². The lowest BCUT2D eigenvalue weighted by molar-refractivity contribution is -0.137. The van der Waals surface area contributed by atoms with E-state index in [0.29, 0.717) is 43.4 Å². The number of hydrogen-bond acceptors (Lipinski definition) is 5. The van der Waals surface area contributed by atoms with E-state index in [1.165, 1.54) is 0 Å². The van der Waals surface area contributed by atoms with Crippen LogP contribution in [0.5, 0.6) is 0 Å². The van der Waals surface area contributed by atoms with E-state index < -0.39 is 11.7 Å². The number of alkyl halides is 3. The van der Waals surface area contributed by atoms with Crippen molar-refractivity contribution in [3.63, 3.8) is 0 Å². The summed E-state index contributed by atoms with van der Waals surface area (Å²) in [5.74, 6) is 1.22. The van der Waals surface area contributed by atoms with Gasteiger partial charge >= 0.3 is 6.18 Å². The summed E-state index contributed by atoms with van der Waals surface area (Å²) in [4.78, 5) is 7.99. The highest BCUT2D eigenvalue weighted by Crippen LogP contribution is 2.33. The average molecular weight is 407 g/mol. The minimum absolute atomic E-state index is 0.0100. The monoisotopic (exact) mass is 406 g/mol. The molecule has 0 bridgehead atoms. The van der Waals surface area contributed by atoms with E-state index in [-0.39, 0.29) is 5.02 Å². The number of pyridine rings is 1. The molecule has 1 fully saturated rings. The molecule has 2 aromatic rings. The fraction of sp³-hybridized carbons (Fsp3) is 0.533. The van der Waals surface area contributed by atoms with Crippen molar-refractivity contribution in [3.05, 3.63) is 33.4 Å². The zero-order valence-electron chi connectivity index (χ0n) is 14.3. The van der Waals surface area contributed by atoms with Gasteiger partial charge in [-0.2, -0.15) is 18.3 Å². The van der Waals surface area contributed by atoms with Crippen LogP contribution in [0, 0.1) is 11.7 Å². The molecule has 3 heterocycles. The van der Waals surface area contributed by atoms with Crippen molar-refractivity contribution in [2.45, 2.75) is 19.8 Å². The summed E-state index contributed by atoms with van der Waals surface area (Å²) in [6.45, 7) is 5.09. The van der Waals surface area contributed by atoms with Gasteiger partial charge in [0, 0.05) is 39.4 Å². The lowest BCUT2D eigenvalue weighted by atomic mass is 10.2. The summed E-state index contributed by atoms with van der Waals surface area (Å²) in [5, 5.41) is 4.42. The molecule has 142 valence electrons. The van der Waals surface area contributed by atoms with Crippen molar-refractivity contribution in [1.82, 2.24) is 24.2 Å². The Morgan fingerprint density at radius 1 is 1.23 bits per heavy atom. The van der Waals surface area contributed by atoms with Gasteiger partial charge in [0.15, 0.2) is 4.77 Å². The smallest absolute Gasteiger partial charge is 0.353 e. The third-order valence-corrected chi connectivity index (χ3v) is 5.18. The van der Waals surface area contributed by atoms with Crippen molar-refractivity contribution in [3.8, 4) is 0 Å². The summed E-state index contributed by atoms with van der Waals surface area (Å²) in [7, 11) is 1.87. The molecule has 1 aliphatic rings. The Kier molecular flexibility index (Phi) is 5.27. The van der Waals surface area contributed by atoms with Crippen molar-refractivity contribution in [1.29, 1.82) is 0 Å². The predicted octanol–water partition coefficient (Wildman–Crippen LogP) is 3.11. The number of halogens is 4. The van der Waals surface area contributed by atoms with Crippen LogP contribution in [-0.4, -0.2) is 50.4 Å². The van der Waals surface area contributed by atoms with Crippen LogP contribution >= 0.6 is 23.8 Å². The first-order valence-corrected chi connectivity index (χ1v) is 8.76. The lowest BCUT2D eigenvalue weighted by Gasteiger charge is -2.35. The molecule has 1 saturated heterocycles. The van der Waals surface area contributed by atoms with E-state index >= 15 is 0 Å².